The predicted octanol–water partition coefficient (Wildman–Crippen LogP) is 1.46. The molecule has 9 heteroatoms. The SMILES string of the molecule is CC(C)OC(OCCOS(C)(=O)=O)(OC(C)C)[PH+]=O. The van der Waals surface area contributed by atoms with Crippen LogP contribution in [-0.2, 0) is 33.1 Å². The highest BCUT2D eigenvalue weighted by Crippen LogP contribution is 2.31. The highest BCUT2D eigenvalue weighted by atomic mass is 32.2. The van der Waals surface area contributed by atoms with Crippen LogP contribution in [0.2, 0.25) is 0 Å². The van der Waals surface area contributed by atoms with Crippen LogP contribution in [0.3, 0.4) is 0 Å². The molecule has 1 unspecified atom stereocenters. The number of ether oxygens (including phenoxy) is 3. The predicted molar refractivity (Wildman–Crippen MR) is 70.9 cm³/mol. The van der Waals surface area contributed by atoms with E-state index in [-0.39, 0.29) is 25.4 Å². The van der Waals surface area contributed by atoms with Crippen LogP contribution in [0.15, 0.2) is 0 Å². The van der Waals surface area contributed by atoms with Gasteiger partial charge in [0.05, 0.1) is 31.7 Å². The lowest BCUT2D eigenvalue weighted by Gasteiger charge is -2.24. The van der Waals surface area contributed by atoms with Crippen LogP contribution in [0.1, 0.15) is 27.7 Å². The van der Waals surface area contributed by atoms with Crippen molar-refractivity contribution in [1.29, 1.82) is 0 Å². The van der Waals surface area contributed by atoms with Gasteiger partial charge in [-0.15, -0.1) is 0 Å². The highest BCUT2D eigenvalue weighted by molar-refractivity contribution is 7.85. The van der Waals surface area contributed by atoms with E-state index in [0.29, 0.717) is 0 Å². The Labute approximate surface area is 115 Å². The third kappa shape index (κ3) is 9.43. The van der Waals surface area contributed by atoms with Crippen molar-refractivity contribution >= 4 is 18.6 Å². The van der Waals surface area contributed by atoms with Crippen LogP contribution in [0.25, 0.3) is 0 Å². The van der Waals surface area contributed by atoms with E-state index in [2.05, 4.69) is 4.18 Å². The van der Waals surface area contributed by atoms with Gasteiger partial charge in [0, 0.05) is 0 Å². The van der Waals surface area contributed by atoms with Crippen molar-refractivity contribution in [2.24, 2.45) is 0 Å². The molecule has 0 heterocycles. The van der Waals surface area contributed by atoms with Crippen molar-refractivity contribution in [3.8, 4) is 0 Å². The molecule has 0 saturated carbocycles. The van der Waals surface area contributed by atoms with Gasteiger partial charge in [0.1, 0.15) is 0 Å². The van der Waals surface area contributed by atoms with Gasteiger partial charge in [-0.3, -0.25) is 18.4 Å². The van der Waals surface area contributed by atoms with Gasteiger partial charge < -0.3 is 0 Å². The molecule has 0 aromatic carbocycles. The fourth-order valence-corrected chi connectivity index (χ4v) is 2.25. The van der Waals surface area contributed by atoms with Crippen LogP contribution in [0.5, 0.6) is 0 Å². The Morgan fingerprint density at radius 3 is 1.84 bits per heavy atom. The van der Waals surface area contributed by atoms with Gasteiger partial charge in [0.15, 0.2) is 0 Å². The molecular weight excluding hydrogens is 295 g/mol. The monoisotopic (exact) mass is 317 g/mol. The minimum Gasteiger partial charge on any atom is -0.283 e. The van der Waals surface area contributed by atoms with Crippen molar-refractivity contribution in [3.05, 3.63) is 0 Å². The van der Waals surface area contributed by atoms with Crippen molar-refractivity contribution in [1.82, 2.24) is 0 Å². The molecule has 0 amide bonds. The maximum Gasteiger partial charge on any atom is 0.496 e. The molecule has 0 radical (unpaired) electrons. The number of hydrogen-bond acceptors (Lipinski definition) is 7. The molecule has 7 nitrogen and oxygen atoms in total. The van der Waals surface area contributed by atoms with Gasteiger partial charge >= 0.3 is 14.2 Å². The van der Waals surface area contributed by atoms with E-state index < -0.39 is 24.3 Å². The van der Waals surface area contributed by atoms with Gasteiger partial charge in [-0.1, -0.05) is 4.57 Å². The third-order valence-electron chi connectivity index (χ3n) is 1.58. The molecule has 0 bridgehead atoms. The molecule has 0 spiro atoms. The minimum absolute atomic E-state index is 0.123. The van der Waals surface area contributed by atoms with Crippen LogP contribution >= 0.6 is 8.46 Å². The molecule has 0 aliphatic heterocycles. The fraction of sp³-hybridized carbons (Fsp3) is 1.00. The summed E-state index contributed by atoms with van der Waals surface area (Å²) in [7, 11) is -4.55. The molecule has 0 aliphatic rings. The average Bonchev–Trinajstić information content (AvgIpc) is 2.21. The van der Waals surface area contributed by atoms with E-state index in [1.165, 1.54) is 0 Å². The first-order valence-corrected chi connectivity index (χ1v) is 8.56. The normalized spacial score (nSPS) is 13.6. The van der Waals surface area contributed by atoms with E-state index in [0.717, 1.165) is 6.26 Å². The topological polar surface area (TPSA) is 88.1 Å². The van der Waals surface area contributed by atoms with Crippen LogP contribution in [0, 0.1) is 0 Å². The standard InChI is InChI=1S/C10H21O7PS/c1-8(2)16-10(18-11,17-9(3)4)14-6-7-15-19(5,12)13/h8-9H,6-7H2,1-5H3/p+1. The first-order valence-electron chi connectivity index (χ1n) is 5.83. The second kappa shape index (κ2) is 8.24. The van der Waals surface area contributed by atoms with Crippen LogP contribution in [0.4, 0.5) is 0 Å². The second-order valence-electron chi connectivity index (χ2n) is 4.37. The van der Waals surface area contributed by atoms with E-state index in [1.54, 1.807) is 27.7 Å². The maximum atomic E-state index is 11.3. The Balaban J connectivity index is 4.52. The summed E-state index contributed by atoms with van der Waals surface area (Å²) in [5.74, 6) is 0. The van der Waals surface area contributed by atoms with E-state index in [4.69, 9.17) is 14.2 Å². The first kappa shape index (κ1) is 18.9. The number of hydrogen-bond donors (Lipinski definition) is 0. The zero-order chi connectivity index (χ0) is 15.1. The van der Waals surface area contributed by atoms with Crippen LogP contribution in [-0.4, -0.2) is 45.8 Å². The third-order valence-corrected chi connectivity index (χ3v) is 2.80. The second-order valence-corrected chi connectivity index (χ2v) is 6.83. The largest absolute Gasteiger partial charge is 0.496 e. The lowest BCUT2D eigenvalue weighted by Crippen LogP contribution is -2.38. The highest BCUT2D eigenvalue weighted by Gasteiger charge is 2.46. The number of rotatable bonds is 10. The minimum atomic E-state index is -3.53. The van der Waals surface area contributed by atoms with Gasteiger partial charge in [-0.05, 0) is 27.7 Å². The smallest absolute Gasteiger partial charge is 0.283 e. The Hall–Kier alpha value is -0.110. The van der Waals surface area contributed by atoms with Gasteiger partial charge in [0.2, 0.25) is 0 Å². The molecule has 0 aromatic rings. The summed E-state index contributed by atoms with van der Waals surface area (Å²) in [6, 6.07) is 0. The fourth-order valence-electron chi connectivity index (χ4n) is 1.16. The molecular formula is C10H22O7PS+. The molecule has 19 heavy (non-hydrogen) atoms. The van der Waals surface area contributed by atoms with Gasteiger partial charge in [0.25, 0.3) is 10.1 Å². The molecule has 0 aliphatic carbocycles. The van der Waals surface area contributed by atoms with Crippen molar-refractivity contribution in [2.75, 3.05) is 19.5 Å². The zero-order valence-electron chi connectivity index (χ0n) is 11.8. The van der Waals surface area contributed by atoms with Crippen molar-refractivity contribution < 1.29 is 31.4 Å². The summed E-state index contributed by atoms with van der Waals surface area (Å²) >= 11 is 0. The van der Waals surface area contributed by atoms with Crippen LogP contribution < -0.4 is 0 Å². The molecule has 0 aromatic heterocycles. The zero-order valence-corrected chi connectivity index (χ0v) is 13.7. The molecule has 0 saturated heterocycles. The molecule has 1 atom stereocenters. The Bertz CT molecular complexity index is 356. The maximum absolute atomic E-state index is 11.3. The summed E-state index contributed by atoms with van der Waals surface area (Å²) in [5, 5.41) is 0. The lowest BCUT2D eigenvalue weighted by molar-refractivity contribution is -0.344. The summed E-state index contributed by atoms with van der Waals surface area (Å²) in [5.41, 5.74) is -1.69. The molecule has 0 rings (SSSR count). The average molecular weight is 317 g/mol. The Morgan fingerprint density at radius 2 is 1.53 bits per heavy atom. The molecule has 114 valence electrons. The Morgan fingerprint density at radius 1 is 1.05 bits per heavy atom. The van der Waals surface area contributed by atoms with Gasteiger partial charge in [-0.2, -0.15) is 8.42 Å². The summed E-state index contributed by atoms with van der Waals surface area (Å²) in [6.07, 6.45) is 0.400. The molecule has 0 N–H and O–H groups in total. The lowest BCUT2D eigenvalue weighted by atomic mass is 10.5. The van der Waals surface area contributed by atoms with Crippen molar-refractivity contribution in [2.45, 2.75) is 45.6 Å². The summed E-state index contributed by atoms with van der Waals surface area (Å²) in [6.45, 7) is 6.66. The van der Waals surface area contributed by atoms with Crippen molar-refractivity contribution in [3.63, 3.8) is 0 Å². The summed E-state index contributed by atoms with van der Waals surface area (Å²) < 4.78 is 53.4. The van der Waals surface area contributed by atoms with E-state index in [9.17, 15) is 13.0 Å². The van der Waals surface area contributed by atoms with E-state index >= 15 is 0 Å². The molecule has 0 fully saturated rings. The first-order chi connectivity index (χ1) is 8.60. The quantitative estimate of drug-likeness (QED) is 0.261. The van der Waals surface area contributed by atoms with Gasteiger partial charge in [-0.25, -0.2) is 0 Å². The van der Waals surface area contributed by atoms with E-state index in [1.807, 2.05) is 0 Å². The summed E-state index contributed by atoms with van der Waals surface area (Å²) in [4.78, 5) is 0. The Kier molecular flexibility index (Phi) is 8.19.